The molecule has 0 saturated carbocycles. The molecule has 0 bridgehead atoms. The second-order valence-electron chi connectivity index (χ2n) is 4.25. The number of carboxylic acid groups (broad SMARTS) is 1. The molecule has 1 aromatic rings. The van der Waals surface area contributed by atoms with Crippen molar-refractivity contribution in [3.05, 3.63) is 16.1 Å². The number of hydrogen-bond donors (Lipinski definition) is 1. The topological polar surface area (TPSA) is 68.7 Å². The Balaban J connectivity index is 2.19. The average Bonchev–Trinajstić information content (AvgIpc) is 2.79. The van der Waals surface area contributed by atoms with E-state index in [-0.39, 0.29) is 12.0 Å². The first-order valence-corrected chi connectivity index (χ1v) is 6.92. The van der Waals surface area contributed by atoms with Gasteiger partial charge in [0.15, 0.2) is 0 Å². The lowest BCUT2D eigenvalue weighted by Crippen LogP contribution is -2.36. The van der Waals surface area contributed by atoms with Crippen LogP contribution < -0.4 is 0 Å². The van der Waals surface area contributed by atoms with Crippen molar-refractivity contribution in [2.24, 2.45) is 0 Å². The first-order chi connectivity index (χ1) is 8.66. The van der Waals surface area contributed by atoms with E-state index in [1.807, 2.05) is 6.92 Å². The van der Waals surface area contributed by atoms with Gasteiger partial charge in [-0.3, -0.25) is 4.79 Å². The van der Waals surface area contributed by atoms with E-state index in [4.69, 9.17) is 14.6 Å². The van der Waals surface area contributed by atoms with E-state index in [9.17, 15) is 4.79 Å². The van der Waals surface area contributed by atoms with E-state index < -0.39 is 5.97 Å². The van der Waals surface area contributed by atoms with Gasteiger partial charge in [-0.2, -0.15) is 0 Å². The standard InChI is InChI=1S/C12H17NO4S/c1-2-17-12(3-5-16-6-4-12)11-13-9(8-18-11)7-10(14)15/h8H,2-7H2,1H3,(H,14,15). The van der Waals surface area contributed by atoms with Crippen molar-refractivity contribution in [3.63, 3.8) is 0 Å². The fourth-order valence-electron chi connectivity index (χ4n) is 2.15. The Bertz CT molecular complexity index is 406. The molecule has 0 unspecified atom stereocenters. The number of rotatable bonds is 5. The zero-order valence-corrected chi connectivity index (χ0v) is 11.2. The van der Waals surface area contributed by atoms with E-state index in [2.05, 4.69) is 4.98 Å². The molecule has 0 amide bonds. The third-order valence-corrected chi connectivity index (χ3v) is 4.07. The molecule has 1 aliphatic rings. The molecule has 2 rings (SSSR count). The molecule has 18 heavy (non-hydrogen) atoms. The van der Waals surface area contributed by atoms with Crippen LogP contribution in [0, 0.1) is 0 Å². The number of carbonyl (C=O) groups is 1. The summed E-state index contributed by atoms with van der Waals surface area (Å²) in [4.78, 5) is 15.1. The molecule has 1 saturated heterocycles. The molecule has 0 spiro atoms. The van der Waals surface area contributed by atoms with Gasteiger partial charge < -0.3 is 14.6 Å². The summed E-state index contributed by atoms with van der Waals surface area (Å²) in [6.45, 7) is 3.90. The lowest BCUT2D eigenvalue weighted by molar-refractivity contribution is -0.136. The predicted octanol–water partition coefficient (Wildman–Crippen LogP) is 1.81. The van der Waals surface area contributed by atoms with Crippen molar-refractivity contribution in [1.82, 2.24) is 4.98 Å². The van der Waals surface area contributed by atoms with Crippen LogP contribution in [0.2, 0.25) is 0 Å². The van der Waals surface area contributed by atoms with Crippen molar-refractivity contribution in [2.45, 2.75) is 31.8 Å². The van der Waals surface area contributed by atoms with Gasteiger partial charge in [0.1, 0.15) is 10.6 Å². The van der Waals surface area contributed by atoms with Crippen LogP contribution in [-0.4, -0.2) is 35.9 Å². The largest absolute Gasteiger partial charge is 0.481 e. The smallest absolute Gasteiger partial charge is 0.309 e. The molecule has 0 aliphatic carbocycles. The van der Waals surface area contributed by atoms with Crippen molar-refractivity contribution in [3.8, 4) is 0 Å². The quantitative estimate of drug-likeness (QED) is 0.884. The molecule has 100 valence electrons. The van der Waals surface area contributed by atoms with Gasteiger partial charge in [0.25, 0.3) is 0 Å². The van der Waals surface area contributed by atoms with Crippen LogP contribution in [-0.2, 0) is 26.3 Å². The zero-order valence-electron chi connectivity index (χ0n) is 10.3. The van der Waals surface area contributed by atoms with Crippen LogP contribution in [0.1, 0.15) is 30.5 Å². The molecular formula is C12H17NO4S. The van der Waals surface area contributed by atoms with E-state index >= 15 is 0 Å². The number of nitrogens with zero attached hydrogens (tertiary/aromatic N) is 1. The molecule has 0 atom stereocenters. The molecule has 1 fully saturated rings. The minimum Gasteiger partial charge on any atom is -0.481 e. The van der Waals surface area contributed by atoms with Gasteiger partial charge in [0, 0.05) is 38.0 Å². The highest BCUT2D eigenvalue weighted by atomic mass is 32.1. The number of hydrogen-bond acceptors (Lipinski definition) is 5. The van der Waals surface area contributed by atoms with Gasteiger partial charge in [-0.25, -0.2) is 4.98 Å². The molecule has 6 heteroatoms. The van der Waals surface area contributed by atoms with Crippen molar-refractivity contribution < 1.29 is 19.4 Å². The molecule has 1 aliphatic heterocycles. The van der Waals surface area contributed by atoms with E-state index in [0.717, 1.165) is 17.8 Å². The molecule has 5 nitrogen and oxygen atoms in total. The summed E-state index contributed by atoms with van der Waals surface area (Å²) in [6, 6.07) is 0. The van der Waals surface area contributed by atoms with Crippen molar-refractivity contribution in [1.29, 1.82) is 0 Å². The number of aliphatic carboxylic acids is 1. The maximum absolute atomic E-state index is 10.7. The minimum atomic E-state index is -0.857. The van der Waals surface area contributed by atoms with E-state index in [0.29, 0.717) is 25.5 Å². The van der Waals surface area contributed by atoms with E-state index in [1.54, 1.807) is 5.38 Å². The third-order valence-electron chi connectivity index (χ3n) is 2.99. The van der Waals surface area contributed by atoms with Gasteiger partial charge in [-0.15, -0.1) is 11.3 Å². The van der Waals surface area contributed by atoms with E-state index in [1.165, 1.54) is 11.3 Å². The fourth-order valence-corrected chi connectivity index (χ4v) is 3.18. The molecule has 2 heterocycles. The zero-order chi connectivity index (χ0) is 13.0. The maximum Gasteiger partial charge on any atom is 0.309 e. The van der Waals surface area contributed by atoms with Gasteiger partial charge in [0.05, 0.1) is 12.1 Å². The summed E-state index contributed by atoms with van der Waals surface area (Å²) < 4.78 is 11.3. The fraction of sp³-hybridized carbons (Fsp3) is 0.667. The molecule has 0 aromatic carbocycles. The van der Waals surface area contributed by atoms with Crippen LogP contribution in [0.25, 0.3) is 0 Å². The van der Waals surface area contributed by atoms with Gasteiger partial charge in [-0.05, 0) is 6.92 Å². The monoisotopic (exact) mass is 271 g/mol. The first kappa shape index (κ1) is 13.5. The van der Waals surface area contributed by atoms with Gasteiger partial charge in [-0.1, -0.05) is 0 Å². The Morgan fingerprint density at radius 1 is 1.61 bits per heavy atom. The second kappa shape index (κ2) is 5.77. The van der Waals surface area contributed by atoms with Crippen LogP contribution in [0.15, 0.2) is 5.38 Å². The number of carboxylic acids is 1. The molecule has 1 N–H and O–H groups in total. The summed E-state index contributed by atoms with van der Waals surface area (Å²) in [7, 11) is 0. The van der Waals surface area contributed by atoms with Crippen LogP contribution >= 0.6 is 11.3 Å². The number of ether oxygens (including phenoxy) is 2. The summed E-state index contributed by atoms with van der Waals surface area (Å²) in [5.41, 5.74) is 0.224. The Kier molecular flexibility index (Phi) is 4.31. The van der Waals surface area contributed by atoms with Crippen LogP contribution in [0.5, 0.6) is 0 Å². The normalized spacial score (nSPS) is 18.7. The highest BCUT2D eigenvalue weighted by Gasteiger charge is 2.38. The third kappa shape index (κ3) is 2.88. The first-order valence-electron chi connectivity index (χ1n) is 6.04. The molecule has 1 aromatic heterocycles. The summed E-state index contributed by atoms with van der Waals surface area (Å²) >= 11 is 1.48. The maximum atomic E-state index is 10.7. The predicted molar refractivity (Wildman–Crippen MR) is 66.8 cm³/mol. The number of thiazole rings is 1. The van der Waals surface area contributed by atoms with Crippen LogP contribution in [0.3, 0.4) is 0 Å². The lowest BCUT2D eigenvalue weighted by Gasteiger charge is -2.35. The molecular weight excluding hydrogens is 254 g/mol. The summed E-state index contributed by atoms with van der Waals surface area (Å²) in [5, 5.41) is 11.5. The van der Waals surface area contributed by atoms with Gasteiger partial charge in [0.2, 0.25) is 0 Å². The highest BCUT2D eigenvalue weighted by molar-refractivity contribution is 7.09. The van der Waals surface area contributed by atoms with Crippen molar-refractivity contribution >= 4 is 17.3 Å². The summed E-state index contributed by atoms with van der Waals surface area (Å²) in [6.07, 6.45) is 1.52. The minimum absolute atomic E-state index is 0.0325. The Morgan fingerprint density at radius 2 is 2.33 bits per heavy atom. The average molecular weight is 271 g/mol. The Hall–Kier alpha value is -0.980. The number of aromatic nitrogens is 1. The molecule has 0 radical (unpaired) electrons. The SMILES string of the molecule is CCOC1(c2nc(CC(=O)O)cs2)CCOCC1. The highest BCUT2D eigenvalue weighted by Crippen LogP contribution is 2.37. The van der Waals surface area contributed by atoms with Crippen LogP contribution in [0.4, 0.5) is 0 Å². The van der Waals surface area contributed by atoms with Crippen molar-refractivity contribution in [2.75, 3.05) is 19.8 Å². The van der Waals surface area contributed by atoms with Gasteiger partial charge >= 0.3 is 5.97 Å². The lowest BCUT2D eigenvalue weighted by atomic mass is 9.95. The Labute approximate surface area is 110 Å². The Morgan fingerprint density at radius 3 is 2.94 bits per heavy atom. The summed E-state index contributed by atoms with van der Waals surface area (Å²) in [5.74, 6) is -0.857. The second-order valence-corrected chi connectivity index (χ2v) is 5.11.